The lowest BCUT2D eigenvalue weighted by Gasteiger charge is -2.24. The van der Waals surface area contributed by atoms with Gasteiger partial charge in [0.15, 0.2) is 6.29 Å². The number of hydrogen-bond acceptors (Lipinski definition) is 4. The largest absolute Gasteiger partial charge is 0.367 e. The molecule has 0 heterocycles. The highest BCUT2D eigenvalue weighted by Gasteiger charge is 2.25. The number of rotatable bonds is 9. The fourth-order valence-corrected chi connectivity index (χ4v) is 3.50. The summed E-state index contributed by atoms with van der Waals surface area (Å²) in [5.74, 6) is 0.308. The van der Waals surface area contributed by atoms with E-state index in [0.29, 0.717) is 12.4 Å². The van der Waals surface area contributed by atoms with Gasteiger partial charge < -0.3 is 14.2 Å². The molecule has 130 valence electrons. The highest BCUT2D eigenvalue weighted by Crippen LogP contribution is 2.15. The highest BCUT2D eigenvalue weighted by molar-refractivity contribution is 7.85. The summed E-state index contributed by atoms with van der Waals surface area (Å²) in [6.07, 6.45) is -0.995. The molecule has 24 heavy (non-hydrogen) atoms. The van der Waals surface area contributed by atoms with E-state index in [1.165, 1.54) is 0 Å². The summed E-state index contributed by atoms with van der Waals surface area (Å²) in [5.41, 5.74) is 2.19. The molecule has 0 aliphatic carbocycles. The van der Waals surface area contributed by atoms with Crippen molar-refractivity contribution < 1.29 is 18.4 Å². The predicted octanol–water partition coefficient (Wildman–Crippen LogP) is 3.31. The minimum atomic E-state index is -1.19. The summed E-state index contributed by atoms with van der Waals surface area (Å²) in [4.78, 5) is 0.778. The molecule has 4 nitrogen and oxygen atoms in total. The Hall–Kier alpha value is -1.53. The van der Waals surface area contributed by atoms with E-state index in [-0.39, 0.29) is 0 Å². The average Bonchev–Trinajstić information content (AvgIpc) is 2.61. The second-order valence-corrected chi connectivity index (χ2v) is 7.00. The van der Waals surface area contributed by atoms with Gasteiger partial charge in [0.1, 0.15) is 6.10 Å². The van der Waals surface area contributed by atoms with E-state index in [2.05, 4.69) is 0 Å². The zero-order chi connectivity index (χ0) is 17.4. The zero-order valence-corrected chi connectivity index (χ0v) is 15.1. The maximum Gasteiger partial charge on any atom is 0.183 e. The maximum atomic E-state index is 12.6. The molecule has 2 atom stereocenters. The quantitative estimate of drug-likeness (QED) is 0.652. The molecule has 0 bridgehead atoms. The Kier molecular flexibility index (Phi) is 7.59. The minimum Gasteiger partial charge on any atom is -0.367 e. The van der Waals surface area contributed by atoms with Gasteiger partial charge in [-0.3, -0.25) is 4.21 Å². The van der Waals surface area contributed by atoms with Crippen LogP contribution in [0.1, 0.15) is 11.1 Å². The number of methoxy groups -OCH3 is 2. The molecule has 0 saturated heterocycles. The van der Waals surface area contributed by atoms with E-state index in [0.717, 1.165) is 16.0 Å². The lowest BCUT2D eigenvalue weighted by atomic mass is 10.2. The smallest absolute Gasteiger partial charge is 0.183 e. The molecular weight excluding hydrogens is 324 g/mol. The monoisotopic (exact) mass is 348 g/mol. The maximum absolute atomic E-state index is 12.6. The van der Waals surface area contributed by atoms with Crippen LogP contribution in [0.4, 0.5) is 0 Å². The van der Waals surface area contributed by atoms with Crippen LogP contribution in [0.3, 0.4) is 0 Å². The van der Waals surface area contributed by atoms with Crippen molar-refractivity contribution in [1.29, 1.82) is 0 Å². The van der Waals surface area contributed by atoms with Crippen LogP contribution in [0.25, 0.3) is 0 Å². The second kappa shape index (κ2) is 9.69. The molecule has 0 saturated carbocycles. The SMILES string of the molecule is COC(OC)[C@H](CS(=O)c1ccc(C)cc1)OCc1ccccc1. The van der Waals surface area contributed by atoms with Crippen molar-refractivity contribution in [1.82, 2.24) is 0 Å². The first kappa shape index (κ1) is 18.8. The van der Waals surface area contributed by atoms with E-state index < -0.39 is 23.2 Å². The van der Waals surface area contributed by atoms with Crippen molar-refractivity contribution in [3.8, 4) is 0 Å². The van der Waals surface area contributed by atoms with Gasteiger partial charge in [0.05, 0.1) is 23.2 Å². The Bertz CT molecular complexity index is 624. The molecule has 0 spiro atoms. The van der Waals surface area contributed by atoms with Crippen LogP contribution in [-0.2, 0) is 31.6 Å². The molecule has 2 aromatic carbocycles. The van der Waals surface area contributed by atoms with Crippen molar-refractivity contribution in [2.45, 2.75) is 30.8 Å². The summed E-state index contributed by atoms with van der Waals surface area (Å²) in [5, 5.41) is 0. The number of ether oxygens (including phenoxy) is 3. The van der Waals surface area contributed by atoms with Crippen LogP contribution in [0.5, 0.6) is 0 Å². The molecule has 0 aliphatic heterocycles. The fraction of sp³-hybridized carbons (Fsp3) is 0.368. The van der Waals surface area contributed by atoms with Crippen LogP contribution in [0.15, 0.2) is 59.5 Å². The average molecular weight is 348 g/mol. The fourth-order valence-electron chi connectivity index (χ4n) is 2.32. The Morgan fingerprint density at radius 3 is 2.17 bits per heavy atom. The summed E-state index contributed by atoms with van der Waals surface area (Å²) in [6, 6.07) is 17.5. The van der Waals surface area contributed by atoms with Crippen LogP contribution in [-0.4, -0.2) is 36.6 Å². The summed E-state index contributed by atoms with van der Waals surface area (Å²) in [7, 11) is 1.93. The molecule has 0 N–H and O–H groups in total. The number of aryl methyl sites for hydroxylation is 1. The number of benzene rings is 2. The molecule has 0 fully saturated rings. The number of hydrogen-bond donors (Lipinski definition) is 0. The van der Waals surface area contributed by atoms with Crippen molar-refractivity contribution in [3.05, 3.63) is 65.7 Å². The molecule has 2 aromatic rings. The summed E-state index contributed by atoms with van der Waals surface area (Å²) in [6.45, 7) is 2.42. The minimum absolute atomic E-state index is 0.308. The molecule has 0 radical (unpaired) electrons. The van der Waals surface area contributed by atoms with E-state index in [4.69, 9.17) is 14.2 Å². The Morgan fingerprint density at radius 1 is 0.958 bits per heavy atom. The van der Waals surface area contributed by atoms with Gasteiger partial charge in [-0.15, -0.1) is 0 Å². The summed E-state index contributed by atoms with van der Waals surface area (Å²) < 4.78 is 29.2. The van der Waals surface area contributed by atoms with Gasteiger partial charge in [-0.05, 0) is 24.6 Å². The first-order valence-corrected chi connectivity index (χ1v) is 9.12. The van der Waals surface area contributed by atoms with Gasteiger partial charge in [0.2, 0.25) is 0 Å². The van der Waals surface area contributed by atoms with Crippen molar-refractivity contribution in [3.63, 3.8) is 0 Å². The molecule has 0 aliphatic rings. The van der Waals surface area contributed by atoms with Gasteiger partial charge in [0.25, 0.3) is 0 Å². The van der Waals surface area contributed by atoms with E-state index >= 15 is 0 Å². The van der Waals surface area contributed by atoms with E-state index in [9.17, 15) is 4.21 Å². The molecule has 2 rings (SSSR count). The van der Waals surface area contributed by atoms with Gasteiger partial charge in [0, 0.05) is 19.1 Å². The Morgan fingerprint density at radius 2 is 1.58 bits per heavy atom. The van der Waals surface area contributed by atoms with E-state index in [1.807, 2.05) is 61.5 Å². The van der Waals surface area contributed by atoms with Crippen molar-refractivity contribution in [2.24, 2.45) is 0 Å². The first-order chi connectivity index (χ1) is 11.6. The lowest BCUT2D eigenvalue weighted by Crippen LogP contribution is -2.36. The molecule has 0 aromatic heterocycles. The third-order valence-corrected chi connectivity index (χ3v) is 5.10. The molecule has 5 heteroatoms. The highest BCUT2D eigenvalue weighted by atomic mass is 32.2. The van der Waals surface area contributed by atoms with Gasteiger partial charge in [-0.2, -0.15) is 0 Å². The van der Waals surface area contributed by atoms with Gasteiger partial charge in [-0.25, -0.2) is 0 Å². The van der Waals surface area contributed by atoms with Crippen LogP contribution >= 0.6 is 0 Å². The van der Waals surface area contributed by atoms with Crippen LogP contribution in [0, 0.1) is 6.92 Å². The lowest BCUT2D eigenvalue weighted by molar-refractivity contribution is -0.176. The van der Waals surface area contributed by atoms with Gasteiger partial charge >= 0.3 is 0 Å². The van der Waals surface area contributed by atoms with Gasteiger partial charge in [-0.1, -0.05) is 48.0 Å². The summed E-state index contributed by atoms with van der Waals surface area (Å²) >= 11 is 0. The third-order valence-electron chi connectivity index (χ3n) is 3.67. The Balaban J connectivity index is 2.05. The normalized spacial score (nSPS) is 13.8. The van der Waals surface area contributed by atoms with Crippen molar-refractivity contribution >= 4 is 10.8 Å². The van der Waals surface area contributed by atoms with Crippen molar-refractivity contribution in [2.75, 3.05) is 20.0 Å². The third kappa shape index (κ3) is 5.53. The Labute approximate surface area is 146 Å². The molecule has 1 unspecified atom stereocenters. The van der Waals surface area contributed by atoms with Crippen LogP contribution in [0.2, 0.25) is 0 Å². The topological polar surface area (TPSA) is 44.8 Å². The molecule has 0 amide bonds. The zero-order valence-electron chi connectivity index (χ0n) is 14.3. The van der Waals surface area contributed by atoms with Crippen LogP contribution < -0.4 is 0 Å². The second-order valence-electron chi connectivity index (χ2n) is 5.50. The standard InChI is InChI=1S/C19H24O4S/c1-15-9-11-17(12-10-15)24(20)14-18(19(21-2)22-3)23-13-16-7-5-4-6-8-16/h4-12,18-19H,13-14H2,1-3H3/t18-,24?/m0/s1. The predicted molar refractivity (Wildman–Crippen MR) is 95.3 cm³/mol. The first-order valence-electron chi connectivity index (χ1n) is 7.80. The molecular formula is C19H24O4S. The van der Waals surface area contributed by atoms with E-state index in [1.54, 1.807) is 14.2 Å².